The smallest absolute Gasteiger partial charge is 0.230 e. The van der Waals surface area contributed by atoms with Crippen molar-refractivity contribution in [3.05, 3.63) is 81.7 Å². The van der Waals surface area contributed by atoms with Gasteiger partial charge in [0.05, 0.1) is 18.5 Å². The number of carbonyl (C=O) groups excluding carboxylic acids is 2. The van der Waals surface area contributed by atoms with Crippen LogP contribution in [0.5, 0.6) is 5.75 Å². The fraction of sp³-hybridized carbons (Fsp3) is 0.269. The van der Waals surface area contributed by atoms with Crippen molar-refractivity contribution in [1.82, 2.24) is 25.4 Å². The highest BCUT2D eigenvalue weighted by molar-refractivity contribution is 7.15. The number of unbranched alkanes of at least 4 members (excludes halogenated alkanes) is 1. The SMILES string of the molecule is O=C(Cc1cccc(OCF)c1)Nc1ccc(CCCCc2nnc(NC(=O)Cc3ccc(Cl)nc3)s2)nn1. The molecule has 2 amide bonds. The Hall–Kier alpha value is -4.03. The number of benzene rings is 1. The van der Waals surface area contributed by atoms with Crippen LogP contribution < -0.4 is 15.4 Å². The molecule has 4 aromatic rings. The highest BCUT2D eigenvalue weighted by Gasteiger charge is 2.10. The van der Waals surface area contributed by atoms with E-state index in [0.717, 1.165) is 41.9 Å². The number of nitrogens with one attached hydrogen (secondary N) is 2. The monoisotopic (exact) mass is 569 g/mol. The van der Waals surface area contributed by atoms with E-state index >= 15 is 0 Å². The number of aromatic nitrogens is 5. The van der Waals surface area contributed by atoms with Gasteiger partial charge in [-0.05, 0) is 60.7 Å². The maximum atomic E-state index is 12.3. The van der Waals surface area contributed by atoms with E-state index in [1.807, 2.05) is 6.07 Å². The van der Waals surface area contributed by atoms with Gasteiger partial charge in [-0.3, -0.25) is 9.59 Å². The van der Waals surface area contributed by atoms with Crippen LogP contribution in [-0.4, -0.2) is 44.1 Å². The molecule has 13 heteroatoms. The fourth-order valence-electron chi connectivity index (χ4n) is 3.59. The molecule has 0 atom stereocenters. The topological polar surface area (TPSA) is 132 Å². The second-order valence-corrected chi connectivity index (χ2v) is 9.91. The second-order valence-electron chi connectivity index (χ2n) is 8.46. The second kappa shape index (κ2) is 14.2. The maximum absolute atomic E-state index is 12.3. The minimum atomic E-state index is -0.925. The lowest BCUT2D eigenvalue weighted by atomic mass is 10.1. The number of anilines is 2. The molecule has 0 bridgehead atoms. The van der Waals surface area contributed by atoms with Crippen molar-refractivity contribution < 1.29 is 18.7 Å². The van der Waals surface area contributed by atoms with Crippen molar-refractivity contribution in [2.75, 3.05) is 17.5 Å². The van der Waals surface area contributed by atoms with Gasteiger partial charge in [0.1, 0.15) is 15.9 Å². The van der Waals surface area contributed by atoms with Gasteiger partial charge in [0.2, 0.25) is 23.8 Å². The van der Waals surface area contributed by atoms with Crippen molar-refractivity contribution in [2.45, 2.75) is 38.5 Å². The lowest BCUT2D eigenvalue weighted by Gasteiger charge is -2.06. The molecule has 0 aliphatic carbocycles. The minimum absolute atomic E-state index is 0.101. The molecular formula is C26H25ClFN7O3S. The number of hydrogen-bond acceptors (Lipinski definition) is 9. The predicted octanol–water partition coefficient (Wildman–Crippen LogP) is 4.61. The van der Waals surface area contributed by atoms with Crippen LogP contribution >= 0.6 is 22.9 Å². The van der Waals surface area contributed by atoms with Crippen molar-refractivity contribution in [3.8, 4) is 5.75 Å². The van der Waals surface area contributed by atoms with E-state index in [1.54, 1.807) is 48.7 Å². The summed E-state index contributed by atoms with van der Waals surface area (Å²) in [4.78, 5) is 28.5. The number of rotatable bonds is 13. The average Bonchev–Trinajstić information content (AvgIpc) is 3.36. The number of amides is 2. The van der Waals surface area contributed by atoms with E-state index in [0.29, 0.717) is 27.4 Å². The Labute approximate surface area is 233 Å². The zero-order valence-electron chi connectivity index (χ0n) is 20.8. The van der Waals surface area contributed by atoms with Gasteiger partial charge in [-0.15, -0.1) is 15.3 Å². The molecule has 2 N–H and O–H groups in total. The molecule has 4 rings (SSSR count). The average molecular weight is 570 g/mol. The Morgan fingerprint density at radius 3 is 2.49 bits per heavy atom. The number of hydrogen-bond donors (Lipinski definition) is 2. The molecule has 39 heavy (non-hydrogen) atoms. The van der Waals surface area contributed by atoms with E-state index < -0.39 is 6.86 Å². The summed E-state index contributed by atoms with van der Waals surface area (Å²) in [6.45, 7) is -0.925. The van der Waals surface area contributed by atoms with Crippen LogP contribution in [-0.2, 0) is 35.3 Å². The predicted molar refractivity (Wildman–Crippen MR) is 146 cm³/mol. The Kier molecular flexibility index (Phi) is 10.2. The zero-order chi connectivity index (χ0) is 27.5. The first-order valence-corrected chi connectivity index (χ1v) is 13.3. The Bertz CT molecular complexity index is 1390. The summed E-state index contributed by atoms with van der Waals surface area (Å²) in [6.07, 6.45) is 5.02. The van der Waals surface area contributed by atoms with Crippen LogP contribution in [0.15, 0.2) is 54.7 Å². The fourth-order valence-corrected chi connectivity index (χ4v) is 4.50. The first kappa shape index (κ1) is 28.0. The van der Waals surface area contributed by atoms with E-state index in [2.05, 4.69) is 36.0 Å². The Balaban J connectivity index is 1.15. The van der Waals surface area contributed by atoms with Gasteiger partial charge < -0.3 is 15.4 Å². The normalized spacial score (nSPS) is 10.7. The summed E-state index contributed by atoms with van der Waals surface area (Å²) in [5.41, 5.74) is 2.27. The van der Waals surface area contributed by atoms with Gasteiger partial charge in [-0.1, -0.05) is 41.1 Å². The van der Waals surface area contributed by atoms with Gasteiger partial charge in [0.25, 0.3) is 0 Å². The quantitative estimate of drug-likeness (QED) is 0.176. The Morgan fingerprint density at radius 2 is 1.72 bits per heavy atom. The zero-order valence-corrected chi connectivity index (χ0v) is 22.3. The van der Waals surface area contributed by atoms with Gasteiger partial charge in [-0.2, -0.15) is 5.10 Å². The molecule has 202 valence electrons. The van der Waals surface area contributed by atoms with E-state index in [-0.39, 0.29) is 24.7 Å². The first-order valence-electron chi connectivity index (χ1n) is 12.1. The highest BCUT2D eigenvalue weighted by atomic mass is 35.5. The number of halogens is 2. The molecule has 0 saturated carbocycles. The Morgan fingerprint density at radius 1 is 0.897 bits per heavy atom. The van der Waals surface area contributed by atoms with Gasteiger partial charge >= 0.3 is 0 Å². The van der Waals surface area contributed by atoms with Gasteiger partial charge in [0, 0.05) is 12.6 Å². The van der Waals surface area contributed by atoms with Crippen molar-refractivity contribution >= 4 is 45.7 Å². The molecule has 0 saturated heterocycles. The number of pyridine rings is 1. The number of alkyl halides is 1. The molecule has 3 heterocycles. The third kappa shape index (κ3) is 9.34. The molecule has 1 aromatic carbocycles. The number of aryl methyl sites for hydroxylation is 2. The molecule has 10 nitrogen and oxygen atoms in total. The summed E-state index contributed by atoms with van der Waals surface area (Å²) >= 11 is 7.11. The van der Waals surface area contributed by atoms with Crippen LogP contribution in [0.2, 0.25) is 5.15 Å². The summed E-state index contributed by atoms with van der Waals surface area (Å²) in [5.74, 6) is 0.269. The minimum Gasteiger partial charge on any atom is -0.463 e. The van der Waals surface area contributed by atoms with Crippen LogP contribution in [0, 0.1) is 0 Å². The molecule has 0 aliphatic rings. The first-order chi connectivity index (χ1) is 19.0. The lowest BCUT2D eigenvalue weighted by molar-refractivity contribution is -0.116. The standard InChI is InChI=1S/C26H25ClFN7O3S/c27-21-10-8-18(15-29-21)14-24(37)31-26-35-34-25(39-26)7-2-1-5-19-9-11-22(33-32-19)30-23(36)13-17-4-3-6-20(12-17)38-16-28/h3-4,6,8-12,15H,1-2,5,7,13-14,16H2,(H,30,33,36)(H,31,35,37). The van der Waals surface area contributed by atoms with Crippen LogP contribution in [0.3, 0.4) is 0 Å². The number of carbonyl (C=O) groups is 2. The number of ether oxygens (including phenoxy) is 1. The lowest BCUT2D eigenvalue weighted by Crippen LogP contribution is -2.16. The molecule has 0 spiro atoms. The number of nitrogens with zero attached hydrogens (tertiary/aromatic N) is 5. The van der Waals surface area contributed by atoms with Crippen LogP contribution in [0.4, 0.5) is 15.3 Å². The highest BCUT2D eigenvalue weighted by Crippen LogP contribution is 2.19. The molecule has 0 radical (unpaired) electrons. The maximum Gasteiger partial charge on any atom is 0.230 e. The third-order valence-electron chi connectivity index (χ3n) is 5.41. The van der Waals surface area contributed by atoms with Crippen molar-refractivity contribution in [1.29, 1.82) is 0 Å². The third-order valence-corrected chi connectivity index (χ3v) is 6.53. The van der Waals surface area contributed by atoms with Crippen LogP contribution in [0.25, 0.3) is 0 Å². The molecule has 0 unspecified atom stereocenters. The van der Waals surface area contributed by atoms with E-state index in [9.17, 15) is 14.0 Å². The summed E-state index contributed by atoms with van der Waals surface area (Å²) in [6, 6.07) is 13.6. The van der Waals surface area contributed by atoms with Gasteiger partial charge in [0.15, 0.2) is 5.82 Å². The van der Waals surface area contributed by atoms with Crippen molar-refractivity contribution in [3.63, 3.8) is 0 Å². The van der Waals surface area contributed by atoms with E-state index in [4.69, 9.17) is 16.3 Å². The molecule has 0 fully saturated rings. The van der Waals surface area contributed by atoms with E-state index in [1.165, 1.54) is 11.3 Å². The van der Waals surface area contributed by atoms with Crippen molar-refractivity contribution in [2.24, 2.45) is 0 Å². The largest absolute Gasteiger partial charge is 0.463 e. The summed E-state index contributed by atoms with van der Waals surface area (Å²) in [7, 11) is 0. The summed E-state index contributed by atoms with van der Waals surface area (Å²) < 4.78 is 17.1. The molecule has 3 aromatic heterocycles. The van der Waals surface area contributed by atoms with Gasteiger partial charge in [-0.25, -0.2) is 9.37 Å². The molecule has 0 aliphatic heterocycles. The van der Waals surface area contributed by atoms with Crippen LogP contribution in [0.1, 0.15) is 34.7 Å². The molecular weight excluding hydrogens is 545 g/mol. The summed E-state index contributed by atoms with van der Waals surface area (Å²) in [5, 5.41) is 23.6.